The zero-order valence-corrected chi connectivity index (χ0v) is 9.69. The molecule has 0 N–H and O–H groups in total. The van der Waals surface area contributed by atoms with Crippen molar-refractivity contribution in [2.24, 2.45) is 0 Å². The zero-order valence-electron chi connectivity index (χ0n) is 6.52. The van der Waals surface area contributed by atoms with Gasteiger partial charge in [-0.25, -0.2) is 13.8 Å². The number of halogens is 4. The van der Waals surface area contributed by atoms with E-state index in [2.05, 4.69) is 36.8 Å². The van der Waals surface area contributed by atoms with E-state index >= 15 is 0 Å². The highest BCUT2D eigenvalue weighted by molar-refractivity contribution is 9.11. The predicted molar refractivity (Wildman–Crippen MR) is 51.1 cm³/mol. The SMILES string of the molecule is COc1c(Br)cnc(Br)c1C(F)F. The number of hydrogen-bond acceptors (Lipinski definition) is 2. The third-order valence-corrected chi connectivity index (χ3v) is 2.59. The summed E-state index contributed by atoms with van der Waals surface area (Å²) in [5.41, 5.74) is -0.239. The quantitative estimate of drug-likeness (QED) is 0.778. The molecule has 0 saturated heterocycles. The molecule has 0 unspecified atom stereocenters. The van der Waals surface area contributed by atoms with Crippen LogP contribution in [0.3, 0.4) is 0 Å². The minimum absolute atomic E-state index is 0.0996. The highest BCUT2D eigenvalue weighted by Gasteiger charge is 2.20. The number of alkyl halides is 2. The van der Waals surface area contributed by atoms with Gasteiger partial charge in [0.05, 0.1) is 17.1 Å². The van der Waals surface area contributed by atoms with Gasteiger partial charge in [-0.2, -0.15) is 0 Å². The zero-order chi connectivity index (χ0) is 10.0. The molecule has 2 nitrogen and oxygen atoms in total. The summed E-state index contributed by atoms with van der Waals surface area (Å²) in [5, 5.41) is 0. The average molecular weight is 317 g/mol. The minimum Gasteiger partial charge on any atom is -0.495 e. The first-order valence-corrected chi connectivity index (χ1v) is 4.82. The summed E-state index contributed by atoms with van der Waals surface area (Å²) in [6, 6.07) is 0. The average Bonchev–Trinajstić information content (AvgIpc) is 2.07. The maximum Gasteiger partial charge on any atom is 0.270 e. The fourth-order valence-corrected chi connectivity index (χ4v) is 1.79. The van der Waals surface area contributed by atoms with Gasteiger partial charge in [0.25, 0.3) is 6.43 Å². The van der Waals surface area contributed by atoms with E-state index in [0.29, 0.717) is 4.47 Å². The molecule has 0 radical (unpaired) electrons. The summed E-state index contributed by atoms with van der Waals surface area (Å²) in [4.78, 5) is 3.72. The van der Waals surface area contributed by atoms with Crippen molar-refractivity contribution in [1.29, 1.82) is 0 Å². The highest BCUT2D eigenvalue weighted by Crippen LogP contribution is 2.38. The van der Waals surface area contributed by atoms with E-state index < -0.39 is 6.43 Å². The van der Waals surface area contributed by atoms with Crippen LogP contribution in [0, 0.1) is 0 Å². The van der Waals surface area contributed by atoms with Crippen molar-refractivity contribution in [1.82, 2.24) is 4.98 Å². The van der Waals surface area contributed by atoms with Gasteiger partial charge in [0, 0.05) is 6.20 Å². The topological polar surface area (TPSA) is 22.1 Å². The number of ether oxygens (including phenoxy) is 1. The highest BCUT2D eigenvalue weighted by atomic mass is 79.9. The van der Waals surface area contributed by atoms with Crippen LogP contribution in [0.2, 0.25) is 0 Å². The monoisotopic (exact) mass is 315 g/mol. The second kappa shape index (κ2) is 4.32. The molecule has 72 valence electrons. The van der Waals surface area contributed by atoms with Crippen LogP contribution >= 0.6 is 31.9 Å². The number of methoxy groups -OCH3 is 1. The Morgan fingerprint density at radius 3 is 2.46 bits per heavy atom. The molecule has 0 fully saturated rings. The lowest BCUT2D eigenvalue weighted by atomic mass is 10.3. The van der Waals surface area contributed by atoms with E-state index in [1.54, 1.807) is 0 Å². The maximum absolute atomic E-state index is 12.5. The van der Waals surface area contributed by atoms with Gasteiger partial charge in [-0.3, -0.25) is 0 Å². The molecule has 0 atom stereocenters. The third kappa shape index (κ3) is 2.17. The summed E-state index contributed by atoms with van der Waals surface area (Å²) in [6.45, 7) is 0. The van der Waals surface area contributed by atoms with Gasteiger partial charge in [-0.05, 0) is 31.9 Å². The van der Waals surface area contributed by atoms with Crippen molar-refractivity contribution in [3.63, 3.8) is 0 Å². The van der Waals surface area contributed by atoms with Crippen molar-refractivity contribution in [3.05, 3.63) is 20.8 Å². The first-order valence-electron chi connectivity index (χ1n) is 3.24. The van der Waals surface area contributed by atoms with E-state index in [4.69, 9.17) is 4.74 Å². The van der Waals surface area contributed by atoms with Gasteiger partial charge >= 0.3 is 0 Å². The lowest BCUT2D eigenvalue weighted by Crippen LogP contribution is -1.96. The molecule has 0 spiro atoms. The van der Waals surface area contributed by atoms with Crippen molar-refractivity contribution >= 4 is 31.9 Å². The summed E-state index contributed by atoms with van der Waals surface area (Å²) in [7, 11) is 1.33. The molecule has 0 amide bonds. The largest absolute Gasteiger partial charge is 0.495 e. The van der Waals surface area contributed by atoms with Crippen LogP contribution in [0.15, 0.2) is 15.3 Å². The molecule has 0 saturated carbocycles. The number of pyridine rings is 1. The molecule has 1 heterocycles. The van der Waals surface area contributed by atoms with Gasteiger partial charge in [-0.1, -0.05) is 0 Å². The molecule has 1 aromatic rings. The van der Waals surface area contributed by atoms with Crippen molar-refractivity contribution < 1.29 is 13.5 Å². The van der Waals surface area contributed by atoms with Gasteiger partial charge < -0.3 is 4.74 Å². The van der Waals surface area contributed by atoms with Crippen LogP contribution in [0.25, 0.3) is 0 Å². The lowest BCUT2D eigenvalue weighted by molar-refractivity contribution is 0.145. The van der Waals surface area contributed by atoms with E-state index in [1.165, 1.54) is 13.3 Å². The Bertz CT molecular complexity index is 320. The number of aromatic nitrogens is 1. The van der Waals surface area contributed by atoms with Gasteiger partial charge in [0.1, 0.15) is 10.4 Å². The normalized spacial score (nSPS) is 10.6. The Balaban J connectivity index is 3.35. The summed E-state index contributed by atoms with van der Waals surface area (Å²) in [5.74, 6) is 0.108. The Kier molecular flexibility index (Phi) is 3.61. The fraction of sp³-hybridized carbons (Fsp3) is 0.286. The van der Waals surface area contributed by atoms with Crippen LogP contribution in [0.5, 0.6) is 5.75 Å². The van der Waals surface area contributed by atoms with Crippen LogP contribution < -0.4 is 4.74 Å². The molecule has 1 aromatic heterocycles. The molecular formula is C7H5Br2F2NO. The van der Waals surface area contributed by atoms with Crippen molar-refractivity contribution in [2.75, 3.05) is 7.11 Å². The smallest absolute Gasteiger partial charge is 0.270 e. The Morgan fingerprint density at radius 2 is 2.08 bits per heavy atom. The number of hydrogen-bond donors (Lipinski definition) is 0. The second-order valence-electron chi connectivity index (χ2n) is 2.14. The maximum atomic E-state index is 12.5. The van der Waals surface area contributed by atoms with E-state index in [-0.39, 0.29) is 15.9 Å². The third-order valence-electron chi connectivity index (χ3n) is 1.40. The molecule has 1 rings (SSSR count). The number of rotatable bonds is 2. The van der Waals surface area contributed by atoms with Crippen LogP contribution in [-0.4, -0.2) is 12.1 Å². The Morgan fingerprint density at radius 1 is 1.46 bits per heavy atom. The van der Waals surface area contributed by atoms with Crippen LogP contribution in [-0.2, 0) is 0 Å². The van der Waals surface area contributed by atoms with E-state index in [1.807, 2.05) is 0 Å². The van der Waals surface area contributed by atoms with Crippen molar-refractivity contribution in [3.8, 4) is 5.75 Å². The predicted octanol–water partition coefficient (Wildman–Crippen LogP) is 3.55. The first-order chi connectivity index (χ1) is 6.07. The molecule has 0 aliphatic carbocycles. The molecule has 0 aliphatic rings. The standard InChI is InChI=1S/C7H5Br2F2NO/c1-13-5-3(8)2-12-6(9)4(5)7(10)11/h2,7H,1H3. The van der Waals surface area contributed by atoms with E-state index in [9.17, 15) is 8.78 Å². The molecule has 0 bridgehead atoms. The van der Waals surface area contributed by atoms with Crippen LogP contribution in [0.4, 0.5) is 8.78 Å². The molecule has 0 aliphatic heterocycles. The summed E-state index contributed by atoms with van der Waals surface area (Å²) in [6.07, 6.45) is -1.22. The summed E-state index contributed by atoms with van der Waals surface area (Å²) < 4.78 is 30.3. The summed E-state index contributed by atoms with van der Waals surface area (Å²) >= 11 is 6.00. The Hall–Kier alpha value is -0.230. The van der Waals surface area contributed by atoms with Gasteiger partial charge in [-0.15, -0.1) is 0 Å². The Labute approximate surface area is 90.6 Å². The van der Waals surface area contributed by atoms with Crippen molar-refractivity contribution in [2.45, 2.75) is 6.43 Å². The van der Waals surface area contributed by atoms with Gasteiger partial charge in [0.15, 0.2) is 0 Å². The van der Waals surface area contributed by atoms with Crippen LogP contribution in [0.1, 0.15) is 12.0 Å². The number of nitrogens with zero attached hydrogens (tertiary/aromatic N) is 1. The molecule has 6 heteroatoms. The van der Waals surface area contributed by atoms with Gasteiger partial charge in [0.2, 0.25) is 0 Å². The van der Waals surface area contributed by atoms with E-state index in [0.717, 1.165) is 0 Å². The fourth-order valence-electron chi connectivity index (χ4n) is 0.860. The minimum atomic E-state index is -2.62. The lowest BCUT2D eigenvalue weighted by Gasteiger charge is -2.10. The molecular weight excluding hydrogens is 312 g/mol. The molecule has 13 heavy (non-hydrogen) atoms. The second-order valence-corrected chi connectivity index (χ2v) is 3.75. The molecule has 0 aromatic carbocycles. The first kappa shape index (κ1) is 10.8.